The first-order valence-electron chi connectivity index (χ1n) is 9.51. The molecule has 4 aromatic rings. The number of methoxy groups -OCH3 is 1. The van der Waals surface area contributed by atoms with E-state index in [-0.39, 0.29) is 0 Å². The second kappa shape index (κ2) is 7.10. The summed E-state index contributed by atoms with van der Waals surface area (Å²) in [5, 5.41) is 4.97. The Morgan fingerprint density at radius 3 is 3.03 bits per heavy atom. The molecule has 1 atom stereocenters. The second-order valence-corrected chi connectivity index (χ2v) is 8.07. The van der Waals surface area contributed by atoms with Crippen LogP contribution >= 0.6 is 11.3 Å². The molecular weight excluding hydrogens is 404 g/mol. The fraction of sp³-hybridized carbons (Fsp3) is 0.238. The Morgan fingerprint density at radius 1 is 1.33 bits per heavy atom. The lowest BCUT2D eigenvalue weighted by atomic mass is 10.1. The largest absolute Gasteiger partial charge is 0.491 e. The third-order valence-electron chi connectivity index (χ3n) is 5.04. The van der Waals surface area contributed by atoms with Crippen LogP contribution in [0.25, 0.3) is 32.4 Å². The van der Waals surface area contributed by atoms with E-state index in [1.165, 1.54) is 18.4 Å². The number of carbonyl (C=O) groups is 1. The highest BCUT2D eigenvalue weighted by atomic mass is 32.1. The number of rotatable bonds is 4. The van der Waals surface area contributed by atoms with Gasteiger partial charge in [0.2, 0.25) is 0 Å². The number of H-pyrrole nitrogens is 1. The number of nitrogens with zero attached hydrogens (tertiary/aromatic N) is 1. The number of aromatic amines is 1. The van der Waals surface area contributed by atoms with Gasteiger partial charge in [0.15, 0.2) is 11.2 Å². The monoisotopic (exact) mass is 424 g/mol. The van der Waals surface area contributed by atoms with E-state index in [4.69, 9.17) is 19.9 Å². The molecule has 8 nitrogen and oxygen atoms in total. The number of benzene rings is 2. The number of ether oxygens (including phenoxy) is 3. The lowest BCUT2D eigenvalue weighted by Gasteiger charge is -2.14. The number of hydrogen-bond acceptors (Lipinski definition) is 8. The molecule has 0 radical (unpaired) electrons. The van der Waals surface area contributed by atoms with Crippen molar-refractivity contribution in [3.8, 4) is 22.8 Å². The minimum absolute atomic E-state index is 0.437. The minimum atomic E-state index is -0.725. The molecule has 0 unspecified atom stereocenters. The van der Waals surface area contributed by atoms with Crippen molar-refractivity contribution >= 4 is 49.2 Å². The van der Waals surface area contributed by atoms with Gasteiger partial charge in [-0.25, -0.2) is 9.78 Å². The van der Waals surface area contributed by atoms with Crippen LogP contribution in [0.2, 0.25) is 0 Å². The van der Waals surface area contributed by atoms with Crippen molar-refractivity contribution in [2.24, 2.45) is 0 Å². The number of nitrogens with one attached hydrogen (secondary N) is 2. The fourth-order valence-electron chi connectivity index (χ4n) is 3.70. The Morgan fingerprint density at radius 2 is 2.20 bits per heavy atom. The summed E-state index contributed by atoms with van der Waals surface area (Å²) in [6.07, 6.45) is -0.725. The smallest absolute Gasteiger partial charge is 0.346 e. The molecule has 1 aliphatic rings. The summed E-state index contributed by atoms with van der Waals surface area (Å²) in [5.41, 5.74) is 10.5. The highest BCUT2D eigenvalue weighted by Crippen LogP contribution is 2.44. The quantitative estimate of drug-likeness (QED) is 0.428. The molecule has 5 rings (SSSR count). The predicted octanol–water partition coefficient (Wildman–Crippen LogP) is 3.77. The molecule has 0 saturated carbocycles. The molecule has 154 valence electrons. The molecule has 2 aromatic carbocycles. The summed E-state index contributed by atoms with van der Waals surface area (Å²) < 4.78 is 17.5. The standard InChI is InChI=1S/C21H20N4O4S/c1-10(20(26)27-2)29-12-8-14-17-15(9-12)28-6-5-23-19(17)18(24-14)11-3-4-13-16(7-11)30-21(22)25-13/h3-4,7-10,23-24H,5-6H2,1-2H3,(H2,22,25)/t10-/m0/s1. The number of aromatic nitrogens is 2. The van der Waals surface area contributed by atoms with E-state index >= 15 is 0 Å². The molecule has 0 aliphatic carbocycles. The van der Waals surface area contributed by atoms with E-state index in [2.05, 4.69) is 21.4 Å². The Labute approximate surface area is 175 Å². The summed E-state index contributed by atoms with van der Waals surface area (Å²) in [5.74, 6) is 0.793. The average Bonchev–Trinajstić information content (AvgIpc) is 3.21. The van der Waals surface area contributed by atoms with Crippen LogP contribution in [-0.2, 0) is 9.53 Å². The third kappa shape index (κ3) is 3.07. The van der Waals surface area contributed by atoms with Crippen LogP contribution < -0.4 is 20.5 Å². The van der Waals surface area contributed by atoms with E-state index in [0.717, 1.165) is 38.1 Å². The van der Waals surface area contributed by atoms with Crippen molar-refractivity contribution in [3.05, 3.63) is 30.3 Å². The number of thiazole rings is 1. The summed E-state index contributed by atoms with van der Waals surface area (Å²) in [7, 11) is 1.34. The fourth-order valence-corrected chi connectivity index (χ4v) is 4.47. The molecule has 0 spiro atoms. The molecule has 1 aliphatic heterocycles. The van der Waals surface area contributed by atoms with Gasteiger partial charge in [0.05, 0.1) is 39.6 Å². The van der Waals surface area contributed by atoms with E-state index in [0.29, 0.717) is 29.8 Å². The first kappa shape index (κ1) is 18.6. The van der Waals surface area contributed by atoms with Gasteiger partial charge in [-0.05, 0) is 19.1 Å². The Bertz CT molecular complexity index is 1280. The van der Waals surface area contributed by atoms with Gasteiger partial charge in [0, 0.05) is 24.2 Å². The highest BCUT2D eigenvalue weighted by molar-refractivity contribution is 7.22. The van der Waals surface area contributed by atoms with Crippen LogP contribution in [0, 0.1) is 0 Å². The van der Waals surface area contributed by atoms with Crippen molar-refractivity contribution in [3.63, 3.8) is 0 Å². The molecule has 0 fully saturated rings. The third-order valence-corrected chi connectivity index (χ3v) is 5.88. The molecule has 3 heterocycles. The Hall–Kier alpha value is -3.46. The number of hydrogen-bond donors (Lipinski definition) is 3. The van der Waals surface area contributed by atoms with Gasteiger partial charge in [-0.3, -0.25) is 0 Å². The van der Waals surface area contributed by atoms with Crippen LogP contribution in [-0.4, -0.2) is 42.3 Å². The first-order chi connectivity index (χ1) is 14.5. The number of fused-ring (bicyclic) bond motifs is 1. The molecule has 0 bridgehead atoms. The van der Waals surface area contributed by atoms with Crippen LogP contribution in [0.1, 0.15) is 6.92 Å². The molecule has 30 heavy (non-hydrogen) atoms. The molecule has 0 saturated heterocycles. The van der Waals surface area contributed by atoms with Crippen molar-refractivity contribution in [2.45, 2.75) is 13.0 Å². The van der Waals surface area contributed by atoms with Crippen molar-refractivity contribution in [1.29, 1.82) is 0 Å². The van der Waals surface area contributed by atoms with Gasteiger partial charge in [-0.2, -0.15) is 0 Å². The van der Waals surface area contributed by atoms with Crippen molar-refractivity contribution < 1.29 is 19.0 Å². The predicted molar refractivity (Wildman–Crippen MR) is 117 cm³/mol. The topological polar surface area (TPSA) is 111 Å². The van der Waals surface area contributed by atoms with Gasteiger partial charge < -0.3 is 30.2 Å². The summed E-state index contributed by atoms with van der Waals surface area (Å²) in [6.45, 7) is 2.83. The van der Waals surface area contributed by atoms with Gasteiger partial charge >= 0.3 is 5.97 Å². The number of anilines is 2. The number of nitrogens with two attached hydrogens (primary N) is 1. The molecule has 4 N–H and O–H groups in total. The van der Waals surface area contributed by atoms with E-state index < -0.39 is 12.1 Å². The maximum absolute atomic E-state index is 11.7. The van der Waals surface area contributed by atoms with Gasteiger partial charge in [-0.1, -0.05) is 17.4 Å². The second-order valence-electron chi connectivity index (χ2n) is 7.01. The van der Waals surface area contributed by atoms with E-state index in [9.17, 15) is 4.79 Å². The number of esters is 1. The van der Waals surface area contributed by atoms with Gasteiger partial charge in [0.1, 0.15) is 18.1 Å². The number of nitrogen functional groups attached to an aromatic ring is 1. The molecule has 0 amide bonds. The highest BCUT2D eigenvalue weighted by Gasteiger charge is 2.23. The molecule has 2 aromatic heterocycles. The van der Waals surface area contributed by atoms with Crippen LogP contribution in [0.15, 0.2) is 30.3 Å². The number of carbonyl (C=O) groups excluding carboxylic acids is 1. The average molecular weight is 424 g/mol. The van der Waals surface area contributed by atoms with Crippen LogP contribution in [0.3, 0.4) is 0 Å². The maximum Gasteiger partial charge on any atom is 0.346 e. The summed E-state index contributed by atoms with van der Waals surface area (Å²) in [4.78, 5) is 19.6. The van der Waals surface area contributed by atoms with Gasteiger partial charge in [0.25, 0.3) is 0 Å². The maximum atomic E-state index is 11.7. The van der Waals surface area contributed by atoms with E-state index in [1.54, 1.807) is 6.92 Å². The molecule has 9 heteroatoms. The van der Waals surface area contributed by atoms with Crippen LogP contribution in [0.5, 0.6) is 11.5 Å². The van der Waals surface area contributed by atoms with Crippen LogP contribution in [0.4, 0.5) is 10.8 Å². The first-order valence-corrected chi connectivity index (χ1v) is 10.3. The molecular formula is C21H20N4O4S. The summed E-state index contributed by atoms with van der Waals surface area (Å²) in [6, 6.07) is 9.74. The lowest BCUT2D eigenvalue weighted by Crippen LogP contribution is -2.24. The van der Waals surface area contributed by atoms with Gasteiger partial charge in [-0.15, -0.1) is 0 Å². The SMILES string of the molecule is COC(=O)[C@H](C)Oc1cc2c3c(c(-c4ccc5nc(N)sc5c4)[nH]c3c1)NCCO2. The van der Waals surface area contributed by atoms with Crippen molar-refractivity contribution in [1.82, 2.24) is 9.97 Å². The normalized spacial score (nSPS) is 14.1. The lowest BCUT2D eigenvalue weighted by molar-refractivity contribution is -0.147. The Kier molecular flexibility index (Phi) is 4.39. The van der Waals surface area contributed by atoms with Crippen molar-refractivity contribution in [2.75, 3.05) is 31.3 Å². The minimum Gasteiger partial charge on any atom is -0.491 e. The van der Waals surface area contributed by atoms with E-state index in [1.807, 2.05) is 24.3 Å². The zero-order valence-electron chi connectivity index (χ0n) is 16.4. The summed E-state index contributed by atoms with van der Waals surface area (Å²) >= 11 is 1.46. The zero-order chi connectivity index (χ0) is 20.8. The zero-order valence-corrected chi connectivity index (χ0v) is 17.3. The Balaban J connectivity index is 1.63.